The van der Waals surface area contributed by atoms with Crippen LogP contribution in [0.5, 0.6) is 5.75 Å². The molecule has 1 aliphatic rings. The Labute approximate surface area is 114 Å². The Balaban J connectivity index is 2.07. The first-order valence-electron chi connectivity index (χ1n) is 6.94. The summed E-state index contributed by atoms with van der Waals surface area (Å²) < 4.78 is 5.53. The van der Waals surface area contributed by atoms with Crippen LogP contribution in [0.2, 0.25) is 0 Å². The van der Waals surface area contributed by atoms with Gasteiger partial charge in [0.05, 0.1) is 12.2 Å². The zero-order valence-electron chi connectivity index (χ0n) is 11.7. The van der Waals surface area contributed by atoms with Crippen LogP contribution in [0.4, 0.5) is 0 Å². The fraction of sp³-hybridized carbons (Fsp3) is 0.533. The quantitative estimate of drug-likeness (QED) is 0.901. The molecule has 0 unspecified atom stereocenters. The number of hydrogen-bond donors (Lipinski definition) is 1. The minimum Gasteiger partial charge on any atom is -0.493 e. The molecule has 0 radical (unpaired) electrons. The van der Waals surface area contributed by atoms with E-state index in [1.54, 1.807) is 0 Å². The molecule has 1 aliphatic heterocycles. The molecule has 2 rings (SSSR count). The zero-order valence-corrected chi connectivity index (χ0v) is 11.7. The number of rotatable bonds is 4. The minimum absolute atomic E-state index is 0.0820. The van der Waals surface area contributed by atoms with E-state index in [2.05, 4.69) is 5.32 Å². The van der Waals surface area contributed by atoms with E-state index < -0.39 is 0 Å². The molecule has 1 N–H and O–H groups in total. The normalized spacial score (nSPS) is 16.4. The van der Waals surface area contributed by atoms with E-state index in [4.69, 9.17) is 4.74 Å². The maximum Gasteiger partial charge on any atom is 0.257 e. The van der Waals surface area contributed by atoms with E-state index in [0.717, 1.165) is 25.9 Å². The zero-order chi connectivity index (χ0) is 13.7. The molecule has 0 aromatic heterocycles. The minimum atomic E-state index is 0.0820. The van der Waals surface area contributed by atoms with Crippen molar-refractivity contribution >= 4 is 5.91 Å². The van der Waals surface area contributed by atoms with E-state index in [0.29, 0.717) is 24.0 Å². The van der Waals surface area contributed by atoms with Crippen molar-refractivity contribution in [1.82, 2.24) is 10.2 Å². The molecule has 1 aromatic rings. The Morgan fingerprint density at radius 3 is 2.68 bits per heavy atom. The van der Waals surface area contributed by atoms with Crippen molar-refractivity contribution in [3.8, 4) is 5.75 Å². The van der Waals surface area contributed by atoms with Crippen molar-refractivity contribution in [1.29, 1.82) is 0 Å². The standard InChI is InChI=1S/C15H22N2O2/c1-3-19-14-7-5-4-6-13(14)15(18)17-10-8-12(16-2)9-11-17/h4-7,12,16H,3,8-11H2,1-2H3. The van der Waals surface area contributed by atoms with E-state index in [-0.39, 0.29) is 5.91 Å². The van der Waals surface area contributed by atoms with Gasteiger partial charge in [0, 0.05) is 19.1 Å². The van der Waals surface area contributed by atoms with Gasteiger partial charge in [-0.25, -0.2) is 0 Å². The fourth-order valence-corrected chi connectivity index (χ4v) is 2.47. The number of ether oxygens (including phenoxy) is 1. The van der Waals surface area contributed by atoms with Crippen molar-refractivity contribution in [3.63, 3.8) is 0 Å². The van der Waals surface area contributed by atoms with Crippen molar-refractivity contribution in [2.75, 3.05) is 26.7 Å². The number of likely N-dealkylation sites (tertiary alicyclic amines) is 1. The molecule has 1 amide bonds. The number of benzene rings is 1. The average Bonchev–Trinajstić information content (AvgIpc) is 2.47. The van der Waals surface area contributed by atoms with Crippen molar-refractivity contribution in [3.05, 3.63) is 29.8 Å². The molecule has 4 heteroatoms. The van der Waals surface area contributed by atoms with Crippen LogP contribution in [0.25, 0.3) is 0 Å². The number of carbonyl (C=O) groups excluding carboxylic acids is 1. The first-order valence-corrected chi connectivity index (χ1v) is 6.94. The number of carbonyl (C=O) groups is 1. The van der Waals surface area contributed by atoms with Gasteiger partial charge in [-0.15, -0.1) is 0 Å². The van der Waals surface area contributed by atoms with Gasteiger partial charge in [0.1, 0.15) is 5.75 Å². The SMILES string of the molecule is CCOc1ccccc1C(=O)N1CCC(NC)CC1. The second-order valence-electron chi connectivity index (χ2n) is 4.78. The van der Waals surface area contributed by atoms with Crippen LogP contribution in [0.15, 0.2) is 24.3 Å². The molecular formula is C15H22N2O2. The average molecular weight is 262 g/mol. The number of amides is 1. The second kappa shape index (κ2) is 6.57. The van der Waals surface area contributed by atoms with E-state index in [1.165, 1.54) is 0 Å². The van der Waals surface area contributed by atoms with Crippen LogP contribution in [-0.2, 0) is 0 Å². The lowest BCUT2D eigenvalue weighted by molar-refractivity contribution is 0.0703. The van der Waals surface area contributed by atoms with Gasteiger partial charge in [0.25, 0.3) is 5.91 Å². The number of piperidine rings is 1. The summed E-state index contributed by atoms with van der Waals surface area (Å²) in [6.45, 7) is 4.13. The van der Waals surface area contributed by atoms with Gasteiger partial charge in [-0.1, -0.05) is 12.1 Å². The van der Waals surface area contributed by atoms with Gasteiger partial charge in [-0.2, -0.15) is 0 Å². The Bertz CT molecular complexity index is 426. The first-order chi connectivity index (χ1) is 9.26. The lowest BCUT2D eigenvalue weighted by Crippen LogP contribution is -2.44. The Morgan fingerprint density at radius 2 is 2.05 bits per heavy atom. The lowest BCUT2D eigenvalue weighted by atomic mass is 10.0. The topological polar surface area (TPSA) is 41.6 Å². The number of nitrogens with one attached hydrogen (secondary N) is 1. The Morgan fingerprint density at radius 1 is 1.37 bits per heavy atom. The van der Waals surface area contributed by atoms with Crippen LogP contribution in [0, 0.1) is 0 Å². The molecule has 1 saturated heterocycles. The smallest absolute Gasteiger partial charge is 0.257 e. The van der Waals surface area contributed by atoms with Crippen molar-refractivity contribution < 1.29 is 9.53 Å². The summed E-state index contributed by atoms with van der Waals surface area (Å²) >= 11 is 0. The third kappa shape index (κ3) is 3.26. The lowest BCUT2D eigenvalue weighted by Gasteiger charge is -2.32. The van der Waals surface area contributed by atoms with Crippen LogP contribution < -0.4 is 10.1 Å². The molecule has 0 saturated carbocycles. The molecule has 1 heterocycles. The predicted octanol–water partition coefficient (Wildman–Crippen LogP) is 1.91. The number of para-hydroxylation sites is 1. The highest BCUT2D eigenvalue weighted by atomic mass is 16.5. The molecule has 19 heavy (non-hydrogen) atoms. The number of nitrogens with zero attached hydrogens (tertiary/aromatic N) is 1. The van der Waals surface area contributed by atoms with Crippen LogP contribution >= 0.6 is 0 Å². The Kier molecular flexibility index (Phi) is 4.80. The highest BCUT2D eigenvalue weighted by molar-refractivity contribution is 5.97. The van der Waals surface area contributed by atoms with E-state index in [9.17, 15) is 4.79 Å². The molecule has 104 valence electrons. The van der Waals surface area contributed by atoms with Gasteiger partial charge in [0.15, 0.2) is 0 Å². The summed E-state index contributed by atoms with van der Waals surface area (Å²) in [6, 6.07) is 8.02. The summed E-state index contributed by atoms with van der Waals surface area (Å²) in [4.78, 5) is 14.4. The molecule has 4 nitrogen and oxygen atoms in total. The predicted molar refractivity (Wildman–Crippen MR) is 75.6 cm³/mol. The van der Waals surface area contributed by atoms with Gasteiger partial charge >= 0.3 is 0 Å². The Hall–Kier alpha value is -1.55. The van der Waals surface area contributed by atoms with E-state index >= 15 is 0 Å². The molecule has 0 bridgehead atoms. The molecule has 0 aliphatic carbocycles. The third-order valence-corrected chi connectivity index (χ3v) is 3.61. The fourth-order valence-electron chi connectivity index (χ4n) is 2.47. The first kappa shape index (κ1) is 13.9. The maximum atomic E-state index is 12.5. The largest absolute Gasteiger partial charge is 0.493 e. The maximum absolute atomic E-state index is 12.5. The molecule has 0 atom stereocenters. The summed E-state index contributed by atoms with van der Waals surface area (Å²) in [5.41, 5.74) is 0.673. The summed E-state index contributed by atoms with van der Waals surface area (Å²) in [7, 11) is 1.98. The molecule has 1 aromatic carbocycles. The third-order valence-electron chi connectivity index (χ3n) is 3.61. The summed E-state index contributed by atoms with van der Waals surface area (Å²) in [5.74, 6) is 0.768. The summed E-state index contributed by atoms with van der Waals surface area (Å²) in [6.07, 6.45) is 2.03. The highest BCUT2D eigenvalue weighted by Gasteiger charge is 2.24. The van der Waals surface area contributed by atoms with E-state index in [1.807, 2.05) is 43.1 Å². The van der Waals surface area contributed by atoms with Gasteiger partial charge in [0.2, 0.25) is 0 Å². The van der Waals surface area contributed by atoms with Crippen molar-refractivity contribution in [2.45, 2.75) is 25.8 Å². The van der Waals surface area contributed by atoms with Crippen LogP contribution in [0.1, 0.15) is 30.1 Å². The number of hydrogen-bond acceptors (Lipinski definition) is 3. The molecule has 1 fully saturated rings. The summed E-state index contributed by atoms with van der Waals surface area (Å²) in [5, 5.41) is 3.27. The van der Waals surface area contributed by atoms with Crippen LogP contribution in [-0.4, -0.2) is 43.6 Å². The second-order valence-corrected chi connectivity index (χ2v) is 4.78. The molecular weight excluding hydrogens is 240 g/mol. The van der Waals surface area contributed by atoms with Gasteiger partial charge in [-0.05, 0) is 38.9 Å². The van der Waals surface area contributed by atoms with Crippen molar-refractivity contribution in [2.24, 2.45) is 0 Å². The monoisotopic (exact) mass is 262 g/mol. The van der Waals surface area contributed by atoms with Gasteiger partial charge in [-0.3, -0.25) is 4.79 Å². The van der Waals surface area contributed by atoms with Crippen LogP contribution in [0.3, 0.4) is 0 Å². The highest BCUT2D eigenvalue weighted by Crippen LogP contribution is 2.21. The van der Waals surface area contributed by atoms with Gasteiger partial charge < -0.3 is 15.0 Å². The molecule has 0 spiro atoms.